The Morgan fingerprint density at radius 2 is 1.06 bits per heavy atom. The van der Waals surface area contributed by atoms with Crippen LogP contribution in [0.2, 0.25) is 13.6 Å². The topological polar surface area (TPSA) is 0 Å². The molecule has 16 heavy (non-hydrogen) atoms. The van der Waals surface area contributed by atoms with Crippen molar-refractivity contribution in [3.8, 4) is 0 Å². The van der Waals surface area contributed by atoms with Gasteiger partial charge < -0.3 is 0 Å². The molecule has 0 unspecified atom stereocenters. The summed E-state index contributed by atoms with van der Waals surface area (Å²) in [5, 5.41) is 0. The van der Waals surface area contributed by atoms with Gasteiger partial charge in [-0.05, 0) is 16.9 Å². The quantitative estimate of drug-likeness (QED) is 0.665. The summed E-state index contributed by atoms with van der Waals surface area (Å²) in [5.41, 5.74) is 2.81. The van der Waals surface area contributed by atoms with Crippen molar-refractivity contribution in [2.24, 2.45) is 0 Å². The first-order chi connectivity index (χ1) is 7.79. The van der Waals surface area contributed by atoms with E-state index in [1.165, 1.54) is 11.1 Å². The molecule has 0 bridgehead atoms. The van der Waals surface area contributed by atoms with Crippen molar-refractivity contribution in [2.75, 3.05) is 0 Å². The predicted molar refractivity (Wildman–Crippen MR) is 72.2 cm³/mol. The van der Waals surface area contributed by atoms with Crippen LogP contribution in [0.3, 0.4) is 0 Å². The van der Waals surface area contributed by atoms with Gasteiger partial charge in [-0.1, -0.05) is 74.3 Å². The first kappa shape index (κ1) is 11.0. The second-order valence-corrected chi connectivity index (χ2v) is 4.54. The van der Waals surface area contributed by atoms with E-state index < -0.39 is 0 Å². The summed E-state index contributed by atoms with van der Waals surface area (Å²) in [5.74, 6) is 0.502. The van der Waals surface area contributed by atoms with Gasteiger partial charge in [0.25, 0.3) is 0 Å². The van der Waals surface area contributed by atoms with E-state index in [2.05, 4.69) is 74.3 Å². The molecule has 0 aliphatic carbocycles. The molecular weight excluding hydrogens is 191 g/mol. The Balaban J connectivity index is 2.40. The van der Waals surface area contributed by atoms with Gasteiger partial charge in [-0.2, -0.15) is 0 Å². The minimum Gasteiger partial charge on any atom is -0.0855 e. The van der Waals surface area contributed by atoms with Crippen LogP contribution < -0.4 is 0 Å². The van der Waals surface area contributed by atoms with Gasteiger partial charge in [0, 0.05) is 0 Å². The Kier molecular flexibility index (Phi) is 3.45. The molecule has 0 nitrogen and oxygen atoms in total. The highest BCUT2D eigenvalue weighted by Gasteiger charge is 2.19. The fourth-order valence-corrected chi connectivity index (χ4v) is 2.28. The largest absolute Gasteiger partial charge is 0.147 e. The zero-order valence-corrected chi connectivity index (χ0v) is 9.93. The maximum atomic E-state index is 2.28. The van der Waals surface area contributed by atoms with Crippen LogP contribution in [0.4, 0.5) is 0 Å². The molecule has 0 heterocycles. The Hall–Kier alpha value is -1.50. The second kappa shape index (κ2) is 5.02. The van der Waals surface area contributed by atoms with Crippen LogP contribution in [0, 0.1) is 0 Å². The lowest BCUT2D eigenvalue weighted by atomic mass is 9.42. The normalized spacial score (nSPS) is 10.4. The van der Waals surface area contributed by atoms with Crippen molar-refractivity contribution in [1.29, 1.82) is 0 Å². The summed E-state index contributed by atoms with van der Waals surface area (Å²) in [4.78, 5) is 0. The van der Waals surface area contributed by atoms with Crippen LogP contribution in [0.1, 0.15) is 16.9 Å². The van der Waals surface area contributed by atoms with Crippen LogP contribution in [-0.4, -0.2) is 6.71 Å². The van der Waals surface area contributed by atoms with Crippen LogP contribution in [0.25, 0.3) is 0 Å². The maximum Gasteiger partial charge on any atom is 0.147 e. The molecule has 0 radical (unpaired) electrons. The molecule has 0 saturated heterocycles. The van der Waals surface area contributed by atoms with Crippen molar-refractivity contribution < 1.29 is 0 Å². The number of rotatable bonds is 3. The fourth-order valence-electron chi connectivity index (χ4n) is 2.28. The first-order valence-electron chi connectivity index (χ1n) is 5.89. The van der Waals surface area contributed by atoms with Gasteiger partial charge in [-0.15, -0.1) is 0 Å². The number of hydrogen-bond donors (Lipinski definition) is 0. The van der Waals surface area contributed by atoms with Gasteiger partial charge in [0.1, 0.15) is 6.71 Å². The standard InChI is InChI=1S/C15H17B/c1-16(2)15(13-9-5-3-6-10-13)14-11-7-4-8-12-14/h3-12,15H,1-2H3. The van der Waals surface area contributed by atoms with Crippen molar-refractivity contribution >= 4 is 6.71 Å². The maximum absolute atomic E-state index is 2.28. The van der Waals surface area contributed by atoms with Gasteiger partial charge in [0.05, 0.1) is 0 Å². The van der Waals surface area contributed by atoms with Crippen molar-refractivity contribution in [2.45, 2.75) is 19.5 Å². The first-order valence-corrected chi connectivity index (χ1v) is 5.89. The highest BCUT2D eigenvalue weighted by Crippen LogP contribution is 2.26. The minimum atomic E-state index is 0.502. The number of hydrogen-bond acceptors (Lipinski definition) is 0. The monoisotopic (exact) mass is 208 g/mol. The van der Waals surface area contributed by atoms with E-state index in [0.717, 1.165) is 0 Å². The molecule has 0 aromatic heterocycles. The van der Waals surface area contributed by atoms with E-state index in [9.17, 15) is 0 Å². The molecule has 80 valence electrons. The molecule has 0 spiro atoms. The molecule has 0 fully saturated rings. The molecule has 2 aromatic rings. The Bertz CT molecular complexity index is 380. The molecule has 0 atom stereocenters. The van der Waals surface area contributed by atoms with Gasteiger partial charge in [0.15, 0.2) is 0 Å². The van der Waals surface area contributed by atoms with Crippen LogP contribution in [0.5, 0.6) is 0 Å². The molecule has 0 amide bonds. The smallest absolute Gasteiger partial charge is 0.0855 e. The summed E-state index contributed by atoms with van der Waals surface area (Å²) < 4.78 is 0. The third-order valence-corrected chi connectivity index (χ3v) is 2.98. The van der Waals surface area contributed by atoms with Gasteiger partial charge in [-0.3, -0.25) is 0 Å². The van der Waals surface area contributed by atoms with E-state index in [0.29, 0.717) is 12.5 Å². The highest BCUT2D eigenvalue weighted by atomic mass is 14.1. The molecule has 1 heteroatoms. The average Bonchev–Trinajstić information content (AvgIpc) is 2.31. The molecule has 0 aliphatic rings. The lowest BCUT2D eigenvalue weighted by Crippen LogP contribution is -2.17. The molecule has 2 rings (SSSR count). The summed E-state index contributed by atoms with van der Waals surface area (Å²) in [6.07, 6.45) is 0. The molecule has 2 aromatic carbocycles. The van der Waals surface area contributed by atoms with E-state index in [1.807, 2.05) is 0 Å². The molecule has 0 saturated carbocycles. The summed E-state index contributed by atoms with van der Waals surface area (Å²) in [6, 6.07) is 21.5. The molecule has 0 N–H and O–H groups in total. The second-order valence-electron chi connectivity index (χ2n) is 4.54. The Labute approximate surface area is 98.4 Å². The zero-order chi connectivity index (χ0) is 11.4. The fraction of sp³-hybridized carbons (Fsp3) is 0.200. The van der Waals surface area contributed by atoms with Crippen molar-refractivity contribution in [1.82, 2.24) is 0 Å². The lowest BCUT2D eigenvalue weighted by Gasteiger charge is -2.20. The summed E-state index contributed by atoms with van der Waals surface area (Å²) in [7, 11) is 0. The third kappa shape index (κ3) is 2.36. The van der Waals surface area contributed by atoms with Gasteiger partial charge in [-0.25, -0.2) is 0 Å². The highest BCUT2D eigenvalue weighted by molar-refractivity contribution is 6.58. The summed E-state index contributed by atoms with van der Waals surface area (Å²) >= 11 is 0. The predicted octanol–water partition coefficient (Wildman–Crippen LogP) is 4.11. The molecule has 0 aliphatic heterocycles. The lowest BCUT2D eigenvalue weighted by molar-refractivity contribution is 1.10. The minimum absolute atomic E-state index is 0.502. The average molecular weight is 208 g/mol. The zero-order valence-electron chi connectivity index (χ0n) is 9.93. The van der Waals surface area contributed by atoms with E-state index in [1.54, 1.807) is 0 Å². The van der Waals surface area contributed by atoms with E-state index >= 15 is 0 Å². The van der Waals surface area contributed by atoms with Crippen LogP contribution >= 0.6 is 0 Å². The Morgan fingerprint density at radius 3 is 1.38 bits per heavy atom. The van der Waals surface area contributed by atoms with Crippen LogP contribution in [-0.2, 0) is 0 Å². The van der Waals surface area contributed by atoms with E-state index in [-0.39, 0.29) is 0 Å². The number of benzene rings is 2. The van der Waals surface area contributed by atoms with Crippen molar-refractivity contribution in [3.63, 3.8) is 0 Å². The SMILES string of the molecule is CB(C)C(c1ccccc1)c1ccccc1. The van der Waals surface area contributed by atoms with E-state index in [4.69, 9.17) is 0 Å². The van der Waals surface area contributed by atoms with Gasteiger partial charge >= 0.3 is 0 Å². The van der Waals surface area contributed by atoms with Gasteiger partial charge in [0.2, 0.25) is 0 Å². The van der Waals surface area contributed by atoms with Crippen LogP contribution in [0.15, 0.2) is 60.7 Å². The molecular formula is C15H17B. The third-order valence-electron chi connectivity index (χ3n) is 2.98. The van der Waals surface area contributed by atoms with Crippen molar-refractivity contribution in [3.05, 3.63) is 71.8 Å². The Morgan fingerprint density at radius 1 is 0.688 bits per heavy atom. The summed E-state index contributed by atoms with van der Waals surface area (Å²) in [6.45, 7) is 5.18.